The lowest BCUT2D eigenvalue weighted by Gasteiger charge is -2.11. The van der Waals surface area contributed by atoms with Crippen LogP contribution in [0.4, 0.5) is 0 Å². The monoisotopic (exact) mass is 210 g/mol. The van der Waals surface area contributed by atoms with Crippen molar-refractivity contribution in [2.45, 2.75) is 39.0 Å². The predicted octanol–water partition coefficient (Wildman–Crippen LogP) is 2.09. The molecule has 0 aliphatic heterocycles. The SMILES string of the molecule is CCCOCCCNCC1(CC#N)CC1. The van der Waals surface area contributed by atoms with E-state index in [1.807, 2.05) is 0 Å². The maximum Gasteiger partial charge on any atom is 0.0628 e. The summed E-state index contributed by atoms with van der Waals surface area (Å²) in [5, 5.41) is 12.1. The highest BCUT2D eigenvalue weighted by molar-refractivity contribution is 5.00. The molecule has 15 heavy (non-hydrogen) atoms. The molecule has 0 atom stereocenters. The van der Waals surface area contributed by atoms with Crippen molar-refractivity contribution in [3.63, 3.8) is 0 Å². The molecule has 0 unspecified atom stereocenters. The first-order valence-electron chi connectivity index (χ1n) is 5.98. The fourth-order valence-corrected chi connectivity index (χ4v) is 1.66. The van der Waals surface area contributed by atoms with E-state index >= 15 is 0 Å². The highest BCUT2D eigenvalue weighted by atomic mass is 16.5. The van der Waals surface area contributed by atoms with E-state index in [1.54, 1.807) is 0 Å². The molecular weight excluding hydrogens is 188 g/mol. The molecule has 0 aromatic heterocycles. The lowest BCUT2D eigenvalue weighted by Crippen LogP contribution is -2.25. The van der Waals surface area contributed by atoms with Gasteiger partial charge in [-0.15, -0.1) is 0 Å². The van der Waals surface area contributed by atoms with Crippen molar-refractivity contribution in [3.05, 3.63) is 0 Å². The average Bonchev–Trinajstić information content (AvgIpc) is 2.98. The number of rotatable bonds is 9. The molecule has 1 saturated carbocycles. The fourth-order valence-electron chi connectivity index (χ4n) is 1.66. The molecule has 3 nitrogen and oxygen atoms in total. The summed E-state index contributed by atoms with van der Waals surface area (Å²) in [6, 6.07) is 2.27. The van der Waals surface area contributed by atoms with Gasteiger partial charge < -0.3 is 10.1 Å². The topological polar surface area (TPSA) is 45.0 Å². The highest BCUT2D eigenvalue weighted by Crippen LogP contribution is 2.47. The maximum absolute atomic E-state index is 8.64. The van der Waals surface area contributed by atoms with Gasteiger partial charge in [0.25, 0.3) is 0 Å². The second kappa shape index (κ2) is 6.81. The van der Waals surface area contributed by atoms with Crippen LogP contribution in [0.1, 0.15) is 39.0 Å². The van der Waals surface area contributed by atoms with Crippen molar-refractivity contribution in [2.24, 2.45) is 5.41 Å². The minimum absolute atomic E-state index is 0.332. The van der Waals surface area contributed by atoms with Gasteiger partial charge in [-0.2, -0.15) is 5.26 Å². The minimum atomic E-state index is 0.332. The molecule has 3 heteroatoms. The van der Waals surface area contributed by atoms with E-state index < -0.39 is 0 Å². The van der Waals surface area contributed by atoms with Gasteiger partial charge in [0.15, 0.2) is 0 Å². The number of nitrogens with one attached hydrogen (secondary N) is 1. The molecule has 86 valence electrons. The lowest BCUT2D eigenvalue weighted by atomic mass is 10.0. The van der Waals surface area contributed by atoms with Gasteiger partial charge in [0.05, 0.1) is 6.07 Å². The molecule has 0 amide bonds. The number of hydrogen-bond donors (Lipinski definition) is 1. The highest BCUT2D eigenvalue weighted by Gasteiger charge is 2.41. The number of nitrogens with zero attached hydrogens (tertiary/aromatic N) is 1. The molecule has 0 aromatic carbocycles. The van der Waals surface area contributed by atoms with Gasteiger partial charge in [-0.3, -0.25) is 0 Å². The molecule has 0 radical (unpaired) electrons. The van der Waals surface area contributed by atoms with Crippen LogP contribution in [-0.2, 0) is 4.74 Å². The van der Waals surface area contributed by atoms with Crippen LogP contribution in [0.3, 0.4) is 0 Å². The Balaban J connectivity index is 1.87. The quantitative estimate of drug-likeness (QED) is 0.593. The molecule has 0 saturated heterocycles. The van der Waals surface area contributed by atoms with Gasteiger partial charge in [0.1, 0.15) is 0 Å². The smallest absolute Gasteiger partial charge is 0.0628 e. The van der Waals surface area contributed by atoms with E-state index in [2.05, 4.69) is 18.3 Å². The largest absolute Gasteiger partial charge is 0.381 e. The number of ether oxygens (including phenoxy) is 1. The molecular formula is C12H22N2O. The Bertz CT molecular complexity index is 206. The standard InChI is InChI=1S/C12H22N2O/c1-2-9-15-10-3-8-14-11-12(4-5-12)6-7-13/h14H,2-6,8-11H2,1H3. The van der Waals surface area contributed by atoms with Gasteiger partial charge in [-0.05, 0) is 37.6 Å². The molecule has 0 spiro atoms. The molecule has 0 aromatic rings. The molecule has 1 N–H and O–H groups in total. The maximum atomic E-state index is 8.64. The summed E-state index contributed by atoms with van der Waals surface area (Å²) < 4.78 is 5.39. The second-order valence-corrected chi connectivity index (χ2v) is 4.48. The molecule has 1 fully saturated rings. The Kier molecular flexibility index (Phi) is 5.67. The van der Waals surface area contributed by atoms with Crippen LogP contribution in [0.2, 0.25) is 0 Å². The Morgan fingerprint density at radius 3 is 2.80 bits per heavy atom. The van der Waals surface area contributed by atoms with E-state index in [0.717, 1.165) is 39.1 Å². The zero-order chi connectivity index (χ0) is 11.0. The summed E-state index contributed by atoms with van der Waals surface area (Å²) in [5.74, 6) is 0. The summed E-state index contributed by atoms with van der Waals surface area (Å²) in [7, 11) is 0. The number of hydrogen-bond acceptors (Lipinski definition) is 3. The van der Waals surface area contributed by atoms with E-state index in [4.69, 9.17) is 10.00 Å². The Morgan fingerprint density at radius 1 is 1.40 bits per heavy atom. The van der Waals surface area contributed by atoms with Crippen molar-refractivity contribution in [1.29, 1.82) is 5.26 Å². The van der Waals surface area contributed by atoms with Crippen molar-refractivity contribution in [2.75, 3.05) is 26.3 Å². The second-order valence-electron chi connectivity index (χ2n) is 4.48. The Hall–Kier alpha value is -0.590. The Morgan fingerprint density at radius 2 is 2.20 bits per heavy atom. The van der Waals surface area contributed by atoms with Crippen LogP contribution in [0.25, 0.3) is 0 Å². The van der Waals surface area contributed by atoms with Gasteiger partial charge in [-0.25, -0.2) is 0 Å². The predicted molar refractivity (Wildman–Crippen MR) is 60.5 cm³/mol. The summed E-state index contributed by atoms with van der Waals surface area (Å²) >= 11 is 0. The van der Waals surface area contributed by atoms with Crippen molar-refractivity contribution >= 4 is 0 Å². The summed E-state index contributed by atoms with van der Waals surface area (Å²) in [6.45, 7) is 5.87. The van der Waals surface area contributed by atoms with Crippen LogP contribution in [0, 0.1) is 16.7 Å². The molecule has 0 bridgehead atoms. The van der Waals surface area contributed by atoms with Crippen LogP contribution in [0.15, 0.2) is 0 Å². The first-order valence-corrected chi connectivity index (χ1v) is 5.98. The third-order valence-corrected chi connectivity index (χ3v) is 2.90. The van der Waals surface area contributed by atoms with Gasteiger partial charge in [-0.1, -0.05) is 6.92 Å². The summed E-state index contributed by atoms with van der Waals surface area (Å²) in [6.07, 6.45) is 5.33. The summed E-state index contributed by atoms with van der Waals surface area (Å²) in [5.41, 5.74) is 0.332. The normalized spacial score (nSPS) is 17.3. The third kappa shape index (κ3) is 5.15. The van der Waals surface area contributed by atoms with Crippen LogP contribution < -0.4 is 5.32 Å². The first kappa shape index (κ1) is 12.5. The van der Waals surface area contributed by atoms with Gasteiger partial charge in [0.2, 0.25) is 0 Å². The first-order chi connectivity index (χ1) is 7.33. The Labute approximate surface area is 92.8 Å². The fraction of sp³-hybridized carbons (Fsp3) is 0.917. The summed E-state index contributed by atoms with van der Waals surface area (Å²) in [4.78, 5) is 0. The van der Waals surface area contributed by atoms with Crippen LogP contribution >= 0.6 is 0 Å². The third-order valence-electron chi connectivity index (χ3n) is 2.90. The molecule has 1 aliphatic rings. The molecule has 1 rings (SSSR count). The zero-order valence-electron chi connectivity index (χ0n) is 9.72. The van der Waals surface area contributed by atoms with E-state index in [1.165, 1.54) is 12.8 Å². The van der Waals surface area contributed by atoms with E-state index in [0.29, 0.717) is 11.8 Å². The van der Waals surface area contributed by atoms with Gasteiger partial charge in [0, 0.05) is 26.2 Å². The van der Waals surface area contributed by atoms with Crippen molar-refractivity contribution in [1.82, 2.24) is 5.32 Å². The zero-order valence-corrected chi connectivity index (χ0v) is 9.72. The minimum Gasteiger partial charge on any atom is -0.381 e. The molecule has 0 heterocycles. The van der Waals surface area contributed by atoms with Crippen LogP contribution in [0.5, 0.6) is 0 Å². The van der Waals surface area contributed by atoms with Crippen molar-refractivity contribution in [3.8, 4) is 6.07 Å². The number of nitriles is 1. The van der Waals surface area contributed by atoms with Crippen LogP contribution in [-0.4, -0.2) is 26.3 Å². The van der Waals surface area contributed by atoms with E-state index in [-0.39, 0.29) is 0 Å². The molecule has 1 aliphatic carbocycles. The lowest BCUT2D eigenvalue weighted by molar-refractivity contribution is 0.132. The van der Waals surface area contributed by atoms with Crippen molar-refractivity contribution < 1.29 is 4.74 Å². The average molecular weight is 210 g/mol. The van der Waals surface area contributed by atoms with Gasteiger partial charge >= 0.3 is 0 Å². The van der Waals surface area contributed by atoms with E-state index in [9.17, 15) is 0 Å².